The maximum atomic E-state index is 4.68. The summed E-state index contributed by atoms with van der Waals surface area (Å²) in [4.78, 5) is 14.1. The van der Waals surface area contributed by atoms with E-state index in [4.69, 9.17) is 0 Å². The summed E-state index contributed by atoms with van der Waals surface area (Å²) in [5.41, 5.74) is 3.10. The van der Waals surface area contributed by atoms with Crippen molar-refractivity contribution in [1.82, 2.24) is 19.8 Å². The Kier molecular flexibility index (Phi) is 4.23. The van der Waals surface area contributed by atoms with Crippen molar-refractivity contribution in [1.29, 1.82) is 0 Å². The van der Waals surface area contributed by atoms with E-state index in [-0.39, 0.29) is 0 Å². The van der Waals surface area contributed by atoms with E-state index in [2.05, 4.69) is 26.8 Å². The first kappa shape index (κ1) is 13.5. The summed E-state index contributed by atoms with van der Waals surface area (Å²) < 4.78 is 0. The first-order chi connectivity index (χ1) is 9.81. The molecule has 0 saturated carbocycles. The van der Waals surface area contributed by atoms with Gasteiger partial charge in [-0.1, -0.05) is 12.1 Å². The Bertz CT molecular complexity index is 561. The predicted octanol–water partition coefficient (Wildman–Crippen LogP) is 1.81. The van der Waals surface area contributed by atoms with Crippen LogP contribution < -0.4 is 0 Å². The maximum Gasteiger partial charge on any atom is 0.0890 e. The van der Waals surface area contributed by atoms with Crippen LogP contribution in [-0.2, 0) is 6.42 Å². The molecule has 1 aliphatic rings. The van der Waals surface area contributed by atoms with Crippen LogP contribution in [0.3, 0.4) is 0 Å². The molecule has 0 amide bonds. The Hall–Kier alpha value is -1.52. The molecule has 3 rings (SSSR count). The number of piperazine rings is 1. The number of aromatic nitrogens is 2. The Morgan fingerprint density at radius 1 is 1.05 bits per heavy atom. The highest BCUT2D eigenvalue weighted by molar-refractivity contribution is 5.73. The van der Waals surface area contributed by atoms with Gasteiger partial charge in [-0.2, -0.15) is 0 Å². The third kappa shape index (κ3) is 3.32. The molecule has 0 aliphatic carbocycles. The van der Waals surface area contributed by atoms with E-state index in [1.807, 2.05) is 30.5 Å². The van der Waals surface area contributed by atoms with Crippen LogP contribution in [-0.4, -0.2) is 59.5 Å². The topological polar surface area (TPSA) is 32.3 Å². The molecule has 1 saturated heterocycles. The number of nitrogens with zero attached hydrogens (tertiary/aromatic N) is 4. The van der Waals surface area contributed by atoms with Crippen molar-refractivity contribution in [3.05, 3.63) is 36.2 Å². The van der Waals surface area contributed by atoms with Crippen LogP contribution in [0.2, 0.25) is 0 Å². The average Bonchev–Trinajstić information content (AvgIpc) is 2.49. The van der Waals surface area contributed by atoms with E-state index in [0.29, 0.717) is 0 Å². The zero-order valence-corrected chi connectivity index (χ0v) is 12.1. The minimum absolute atomic E-state index is 0.982. The molecule has 20 heavy (non-hydrogen) atoms. The van der Waals surface area contributed by atoms with Crippen molar-refractivity contribution in [2.75, 3.05) is 39.8 Å². The molecule has 4 nitrogen and oxygen atoms in total. The zero-order valence-electron chi connectivity index (χ0n) is 12.1. The summed E-state index contributed by atoms with van der Waals surface area (Å²) in [6, 6.07) is 8.07. The number of likely N-dealkylation sites (N-methyl/N-ethyl adjacent to an activating group) is 1. The van der Waals surface area contributed by atoms with E-state index >= 15 is 0 Å². The quantitative estimate of drug-likeness (QED) is 0.848. The molecule has 2 aromatic rings. The molecule has 0 atom stereocenters. The molecular weight excluding hydrogens is 248 g/mol. The molecule has 4 heteroatoms. The third-order valence-electron chi connectivity index (χ3n) is 4.00. The van der Waals surface area contributed by atoms with Gasteiger partial charge in [0, 0.05) is 32.4 Å². The number of para-hydroxylation sites is 2. The van der Waals surface area contributed by atoms with Crippen LogP contribution in [0.15, 0.2) is 30.5 Å². The minimum atomic E-state index is 0.982. The van der Waals surface area contributed by atoms with Crippen LogP contribution in [0.4, 0.5) is 0 Å². The fourth-order valence-corrected chi connectivity index (χ4v) is 2.67. The minimum Gasteiger partial charge on any atom is -0.304 e. The van der Waals surface area contributed by atoms with Gasteiger partial charge in [-0.3, -0.25) is 4.98 Å². The Morgan fingerprint density at radius 3 is 2.60 bits per heavy atom. The van der Waals surface area contributed by atoms with Gasteiger partial charge in [-0.15, -0.1) is 0 Å². The highest BCUT2D eigenvalue weighted by Gasteiger charge is 2.12. The van der Waals surface area contributed by atoms with Gasteiger partial charge in [0.25, 0.3) is 0 Å². The number of aryl methyl sites for hydroxylation is 1. The standard InChI is InChI=1S/C16H22N4/c1-19-9-11-20(12-10-19)8-4-5-14-13-17-15-6-2-3-7-16(15)18-14/h2-3,6-7,13H,4-5,8-12H2,1H3. The van der Waals surface area contributed by atoms with Crippen LogP contribution in [0, 0.1) is 0 Å². The molecule has 0 spiro atoms. The van der Waals surface area contributed by atoms with Crippen molar-refractivity contribution < 1.29 is 0 Å². The largest absolute Gasteiger partial charge is 0.304 e. The average molecular weight is 270 g/mol. The van der Waals surface area contributed by atoms with E-state index in [1.165, 1.54) is 32.7 Å². The first-order valence-corrected chi connectivity index (χ1v) is 7.43. The fraction of sp³-hybridized carbons (Fsp3) is 0.500. The second-order valence-corrected chi connectivity index (χ2v) is 5.60. The van der Waals surface area contributed by atoms with E-state index in [1.54, 1.807) is 0 Å². The van der Waals surface area contributed by atoms with Gasteiger partial charge in [0.05, 0.1) is 16.7 Å². The third-order valence-corrected chi connectivity index (χ3v) is 4.00. The summed E-state index contributed by atoms with van der Waals surface area (Å²) in [6.07, 6.45) is 4.10. The lowest BCUT2D eigenvalue weighted by molar-refractivity contribution is 0.153. The molecule has 1 aromatic heterocycles. The number of hydrogen-bond acceptors (Lipinski definition) is 4. The Labute approximate surface area is 120 Å². The SMILES string of the molecule is CN1CCN(CCCc2cnc3ccccc3n2)CC1. The molecule has 1 fully saturated rings. The second kappa shape index (κ2) is 6.29. The molecule has 1 aromatic carbocycles. The van der Waals surface area contributed by atoms with Crippen LogP contribution in [0.5, 0.6) is 0 Å². The first-order valence-electron chi connectivity index (χ1n) is 7.43. The van der Waals surface area contributed by atoms with Gasteiger partial charge >= 0.3 is 0 Å². The normalized spacial score (nSPS) is 17.6. The van der Waals surface area contributed by atoms with E-state index in [9.17, 15) is 0 Å². The lowest BCUT2D eigenvalue weighted by Gasteiger charge is -2.32. The molecule has 0 bridgehead atoms. The smallest absolute Gasteiger partial charge is 0.0890 e. The second-order valence-electron chi connectivity index (χ2n) is 5.60. The van der Waals surface area contributed by atoms with Gasteiger partial charge < -0.3 is 9.80 Å². The van der Waals surface area contributed by atoms with Crippen molar-refractivity contribution in [3.63, 3.8) is 0 Å². The van der Waals surface area contributed by atoms with Crippen LogP contribution in [0.1, 0.15) is 12.1 Å². The highest BCUT2D eigenvalue weighted by atomic mass is 15.2. The fourth-order valence-electron chi connectivity index (χ4n) is 2.67. The molecular formula is C16H22N4. The van der Waals surface area contributed by atoms with Gasteiger partial charge in [-0.25, -0.2) is 4.98 Å². The molecule has 106 valence electrons. The van der Waals surface area contributed by atoms with Gasteiger partial charge in [0.2, 0.25) is 0 Å². The summed E-state index contributed by atoms with van der Waals surface area (Å²) in [6.45, 7) is 5.94. The Balaban J connectivity index is 1.52. The van der Waals surface area contributed by atoms with E-state index in [0.717, 1.165) is 29.6 Å². The van der Waals surface area contributed by atoms with Gasteiger partial charge in [0.15, 0.2) is 0 Å². The van der Waals surface area contributed by atoms with Gasteiger partial charge in [-0.05, 0) is 38.6 Å². The van der Waals surface area contributed by atoms with Crippen molar-refractivity contribution >= 4 is 11.0 Å². The lowest BCUT2D eigenvalue weighted by Crippen LogP contribution is -2.44. The predicted molar refractivity (Wildman–Crippen MR) is 81.8 cm³/mol. The van der Waals surface area contributed by atoms with Crippen molar-refractivity contribution in [2.24, 2.45) is 0 Å². The molecule has 1 aliphatic heterocycles. The monoisotopic (exact) mass is 270 g/mol. The number of benzene rings is 1. The highest BCUT2D eigenvalue weighted by Crippen LogP contribution is 2.10. The summed E-state index contributed by atoms with van der Waals surface area (Å²) in [7, 11) is 2.20. The number of rotatable bonds is 4. The number of hydrogen-bond donors (Lipinski definition) is 0. The molecule has 0 unspecified atom stereocenters. The molecule has 0 N–H and O–H groups in total. The number of fused-ring (bicyclic) bond motifs is 1. The summed E-state index contributed by atoms with van der Waals surface area (Å²) >= 11 is 0. The van der Waals surface area contributed by atoms with Crippen molar-refractivity contribution in [2.45, 2.75) is 12.8 Å². The zero-order chi connectivity index (χ0) is 13.8. The van der Waals surface area contributed by atoms with Crippen molar-refractivity contribution in [3.8, 4) is 0 Å². The van der Waals surface area contributed by atoms with Crippen LogP contribution in [0.25, 0.3) is 11.0 Å². The van der Waals surface area contributed by atoms with E-state index < -0.39 is 0 Å². The summed E-state index contributed by atoms with van der Waals surface area (Å²) in [5.74, 6) is 0. The van der Waals surface area contributed by atoms with Gasteiger partial charge in [0.1, 0.15) is 0 Å². The summed E-state index contributed by atoms with van der Waals surface area (Å²) in [5, 5.41) is 0. The maximum absolute atomic E-state index is 4.68. The van der Waals surface area contributed by atoms with Crippen LogP contribution >= 0.6 is 0 Å². The Morgan fingerprint density at radius 2 is 1.80 bits per heavy atom. The molecule has 0 radical (unpaired) electrons. The lowest BCUT2D eigenvalue weighted by atomic mass is 10.2. The molecule has 2 heterocycles.